The highest BCUT2D eigenvalue weighted by atomic mass is 15.0. The van der Waals surface area contributed by atoms with Crippen LogP contribution in [0.25, 0.3) is 16.6 Å². The van der Waals surface area contributed by atoms with E-state index in [1.165, 1.54) is 0 Å². The number of aromatic nitrogens is 3. The lowest BCUT2D eigenvalue weighted by atomic mass is 10.2. The van der Waals surface area contributed by atoms with Gasteiger partial charge in [0.2, 0.25) is 0 Å². The molecule has 0 aliphatic heterocycles. The van der Waals surface area contributed by atoms with Crippen LogP contribution in [0.2, 0.25) is 0 Å². The Labute approximate surface area is 87.0 Å². The first-order chi connectivity index (χ1) is 7.45. The van der Waals surface area contributed by atoms with Crippen molar-refractivity contribution < 1.29 is 0 Å². The van der Waals surface area contributed by atoms with E-state index in [0.717, 1.165) is 16.6 Å². The highest BCUT2D eigenvalue weighted by Gasteiger charge is 2.01. The first-order valence-corrected chi connectivity index (χ1v) is 4.77. The van der Waals surface area contributed by atoms with Crippen LogP contribution in [-0.4, -0.2) is 14.5 Å². The third kappa shape index (κ3) is 1.29. The molecule has 0 bridgehead atoms. The molecule has 1 aromatic carbocycles. The van der Waals surface area contributed by atoms with E-state index in [1.807, 2.05) is 41.2 Å². The number of pyridine rings is 1. The molecule has 3 rings (SSSR count). The summed E-state index contributed by atoms with van der Waals surface area (Å²) in [7, 11) is 0. The van der Waals surface area contributed by atoms with Crippen molar-refractivity contribution in [2.24, 2.45) is 0 Å². The van der Waals surface area contributed by atoms with Crippen LogP contribution in [0, 0.1) is 0 Å². The molecular formula is C12H9N3. The molecule has 72 valence electrons. The van der Waals surface area contributed by atoms with E-state index in [-0.39, 0.29) is 0 Å². The Bertz CT molecular complexity index is 579. The van der Waals surface area contributed by atoms with Crippen LogP contribution in [0.3, 0.4) is 0 Å². The normalized spacial score (nSPS) is 10.7. The summed E-state index contributed by atoms with van der Waals surface area (Å²) in [6.45, 7) is 0. The number of benzene rings is 1. The van der Waals surface area contributed by atoms with Crippen LogP contribution in [0.4, 0.5) is 0 Å². The Morgan fingerprint density at radius 1 is 1.00 bits per heavy atom. The summed E-state index contributed by atoms with van der Waals surface area (Å²) in [5.41, 5.74) is 2.11. The van der Waals surface area contributed by atoms with Gasteiger partial charge in [0.1, 0.15) is 0 Å². The van der Waals surface area contributed by atoms with Crippen LogP contribution >= 0.6 is 0 Å². The molecule has 0 aliphatic carbocycles. The molecule has 3 heteroatoms. The molecule has 0 atom stereocenters. The summed E-state index contributed by atoms with van der Waals surface area (Å²) in [6, 6.07) is 10.1. The Hall–Kier alpha value is -2.16. The smallest absolute Gasteiger partial charge is 0.0991 e. The Kier molecular flexibility index (Phi) is 1.75. The molecule has 3 nitrogen and oxygen atoms in total. The van der Waals surface area contributed by atoms with Crippen molar-refractivity contribution in [3.8, 4) is 5.69 Å². The number of rotatable bonds is 1. The fourth-order valence-electron chi connectivity index (χ4n) is 1.71. The van der Waals surface area contributed by atoms with Crippen LogP contribution < -0.4 is 0 Å². The quantitative estimate of drug-likeness (QED) is 0.597. The molecule has 0 unspecified atom stereocenters. The van der Waals surface area contributed by atoms with Gasteiger partial charge in [0, 0.05) is 24.0 Å². The third-order valence-electron chi connectivity index (χ3n) is 2.41. The van der Waals surface area contributed by atoms with Gasteiger partial charge < -0.3 is 4.57 Å². The van der Waals surface area contributed by atoms with Gasteiger partial charge >= 0.3 is 0 Å². The van der Waals surface area contributed by atoms with Crippen molar-refractivity contribution in [3.63, 3.8) is 0 Å². The van der Waals surface area contributed by atoms with Crippen LogP contribution in [0.15, 0.2) is 55.2 Å². The predicted molar refractivity (Wildman–Crippen MR) is 58.9 cm³/mol. The summed E-state index contributed by atoms with van der Waals surface area (Å²) < 4.78 is 1.99. The van der Waals surface area contributed by atoms with Gasteiger partial charge in [0.05, 0.1) is 17.5 Å². The highest BCUT2D eigenvalue weighted by Crippen LogP contribution is 2.19. The fraction of sp³-hybridized carbons (Fsp3) is 0. The molecule has 0 spiro atoms. The van der Waals surface area contributed by atoms with E-state index in [2.05, 4.69) is 16.0 Å². The van der Waals surface area contributed by atoms with Crippen LogP contribution in [-0.2, 0) is 0 Å². The van der Waals surface area contributed by atoms with E-state index < -0.39 is 0 Å². The molecule has 0 fully saturated rings. The minimum absolute atomic E-state index is 1.00. The Balaban J connectivity index is 2.36. The van der Waals surface area contributed by atoms with Crippen molar-refractivity contribution >= 4 is 10.9 Å². The molecular weight excluding hydrogens is 186 g/mol. The largest absolute Gasteiger partial charge is 0.306 e. The van der Waals surface area contributed by atoms with Gasteiger partial charge in [0.15, 0.2) is 0 Å². The minimum atomic E-state index is 1.00. The third-order valence-corrected chi connectivity index (χ3v) is 2.41. The number of hydrogen-bond acceptors (Lipinski definition) is 2. The molecule has 3 aromatic rings. The standard InChI is InChI=1S/C12H9N3/c1-2-4-11-10(3-1)12(5-6-14-11)15-8-7-13-9-15/h1-9H. The zero-order valence-corrected chi connectivity index (χ0v) is 8.04. The van der Waals surface area contributed by atoms with Crippen molar-refractivity contribution in [1.29, 1.82) is 0 Å². The second kappa shape index (κ2) is 3.20. The van der Waals surface area contributed by atoms with Gasteiger partial charge in [0.25, 0.3) is 0 Å². The van der Waals surface area contributed by atoms with Crippen molar-refractivity contribution in [3.05, 3.63) is 55.2 Å². The van der Waals surface area contributed by atoms with E-state index in [0.29, 0.717) is 0 Å². The van der Waals surface area contributed by atoms with Gasteiger partial charge in [-0.15, -0.1) is 0 Å². The van der Waals surface area contributed by atoms with E-state index >= 15 is 0 Å². The first kappa shape index (κ1) is 8.17. The molecule has 0 amide bonds. The SMILES string of the molecule is c1ccc2c(-n3ccnc3)ccnc2c1. The summed E-state index contributed by atoms with van der Waals surface area (Å²) in [6.07, 6.45) is 7.32. The van der Waals surface area contributed by atoms with E-state index in [9.17, 15) is 0 Å². The minimum Gasteiger partial charge on any atom is -0.306 e. The summed E-state index contributed by atoms with van der Waals surface area (Å²) in [4.78, 5) is 8.37. The molecule has 2 heterocycles. The lowest BCUT2D eigenvalue weighted by Gasteiger charge is -2.05. The molecule has 15 heavy (non-hydrogen) atoms. The van der Waals surface area contributed by atoms with Crippen LogP contribution in [0.5, 0.6) is 0 Å². The maximum absolute atomic E-state index is 4.32. The van der Waals surface area contributed by atoms with Crippen molar-refractivity contribution in [2.45, 2.75) is 0 Å². The van der Waals surface area contributed by atoms with Crippen LogP contribution in [0.1, 0.15) is 0 Å². The fourth-order valence-corrected chi connectivity index (χ4v) is 1.71. The average molecular weight is 195 g/mol. The second-order valence-corrected chi connectivity index (χ2v) is 3.32. The number of imidazole rings is 1. The number of fused-ring (bicyclic) bond motifs is 1. The maximum Gasteiger partial charge on any atom is 0.0991 e. The number of hydrogen-bond donors (Lipinski definition) is 0. The summed E-state index contributed by atoms with van der Waals surface area (Å²) in [5, 5.41) is 1.14. The van der Waals surface area contributed by atoms with E-state index in [4.69, 9.17) is 0 Å². The second-order valence-electron chi connectivity index (χ2n) is 3.32. The highest BCUT2D eigenvalue weighted by molar-refractivity contribution is 5.86. The molecule has 2 aromatic heterocycles. The topological polar surface area (TPSA) is 30.7 Å². The van der Waals surface area contributed by atoms with Gasteiger partial charge in [-0.2, -0.15) is 0 Å². The molecule has 0 saturated heterocycles. The number of nitrogens with zero attached hydrogens (tertiary/aromatic N) is 3. The molecule has 0 N–H and O–H groups in total. The summed E-state index contributed by atoms with van der Waals surface area (Å²) in [5.74, 6) is 0. The Morgan fingerprint density at radius 3 is 2.80 bits per heavy atom. The van der Waals surface area contributed by atoms with Gasteiger partial charge in [-0.1, -0.05) is 18.2 Å². The molecule has 0 saturated carbocycles. The first-order valence-electron chi connectivity index (χ1n) is 4.77. The Morgan fingerprint density at radius 2 is 1.93 bits per heavy atom. The van der Waals surface area contributed by atoms with E-state index in [1.54, 1.807) is 12.5 Å². The van der Waals surface area contributed by atoms with Gasteiger partial charge in [-0.3, -0.25) is 4.98 Å². The average Bonchev–Trinajstić information content (AvgIpc) is 2.82. The summed E-state index contributed by atoms with van der Waals surface area (Å²) >= 11 is 0. The predicted octanol–water partition coefficient (Wildman–Crippen LogP) is 2.42. The zero-order valence-electron chi connectivity index (χ0n) is 8.04. The lowest BCUT2D eigenvalue weighted by molar-refractivity contribution is 1.06. The molecule has 0 radical (unpaired) electrons. The van der Waals surface area contributed by atoms with Crippen molar-refractivity contribution in [1.82, 2.24) is 14.5 Å². The van der Waals surface area contributed by atoms with Crippen molar-refractivity contribution in [2.75, 3.05) is 0 Å². The van der Waals surface area contributed by atoms with Gasteiger partial charge in [-0.05, 0) is 12.1 Å². The van der Waals surface area contributed by atoms with Gasteiger partial charge in [-0.25, -0.2) is 4.98 Å². The molecule has 0 aliphatic rings. The maximum atomic E-state index is 4.32. The monoisotopic (exact) mass is 195 g/mol. The number of para-hydroxylation sites is 1. The zero-order chi connectivity index (χ0) is 10.1. The lowest BCUT2D eigenvalue weighted by Crippen LogP contribution is -1.92.